The molecule has 2 rings (SSSR count). The lowest BCUT2D eigenvalue weighted by molar-refractivity contribution is -0.119. The summed E-state index contributed by atoms with van der Waals surface area (Å²) in [5.41, 5.74) is 2.10. The molecule has 2 aromatic carbocycles. The molecule has 0 radical (unpaired) electrons. The van der Waals surface area contributed by atoms with E-state index in [2.05, 4.69) is 10.6 Å². The molecule has 0 aromatic heterocycles. The number of carbonyl (C=O) groups is 1. The highest BCUT2D eigenvalue weighted by molar-refractivity contribution is 7.98. The minimum Gasteiger partial charge on any atom is -0.375 e. The van der Waals surface area contributed by atoms with Crippen LogP contribution in [0.4, 0.5) is 5.69 Å². The van der Waals surface area contributed by atoms with Gasteiger partial charge in [-0.1, -0.05) is 42.5 Å². The fourth-order valence-corrected chi connectivity index (χ4v) is 2.40. The van der Waals surface area contributed by atoms with E-state index in [4.69, 9.17) is 0 Å². The van der Waals surface area contributed by atoms with Crippen molar-refractivity contribution in [3.63, 3.8) is 0 Å². The second-order valence-corrected chi connectivity index (χ2v) is 5.16. The number of carbonyl (C=O) groups excluding carboxylic acids is 1. The highest BCUT2D eigenvalue weighted by Gasteiger charge is 2.03. The zero-order chi connectivity index (χ0) is 14.2. The molecule has 0 atom stereocenters. The Hall–Kier alpha value is -1.94. The van der Waals surface area contributed by atoms with Gasteiger partial charge in [-0.2, -0.15) is 0 Å². The van der Waals surface area contributed by atoms with Gasteiger partial charge in [-0.25, -0.2) is 0 Å². The Morgan fingerprint density at radius 2 is 1.75 bits per heavy atom. The monoisotopic (exact) mass is 286 g/mol. The summed E-state index contributed by atoms with van der Waals surface area (Å²) in [7, 11) is 0. The van der Waals surface area contributed by atoms with E-state index in [0.29, 0.717) is 6.54 Å². The lowest BCUT2D eigenvalue weighted by Crippen LogP contribution is -2.29. The molecule has 104 valence electrons. The highest BCUT2D eigenvalue weighted by Crippen LogP contribution is 2.24. The van der Waals surface area contributed by atoms with Crippen LogP contribution in [-0.2, 0) is 11.3 Å². The van der Waals surface area contributed by atoms with Crippen LogP contribution in [0.15, 0.2) is 59.5 Å². The van der Waals surface area contributed by atoms with E-state index >= 15 is 0 Å². The second-order valence-electron chi connectivity index (χ2n) is 4.32. The summed E-state index contributed by atoms with van der Waals surface area (Å²) in [6.45, 7) is 0.843. The van der Waals surface area contributed by atoms with Crippen molar-refractivity contribution < 1.29 is 4.79 Å². The van der Waals surface area contributed by atoms with Gasteiger partial charge in [0.05, 0.1) is 6.54 Å². The largest absolute Gasteiger partial charge is 0.375 e. The number of thioether (sulfide) groups is 1. The maximum absolute atomic E-state index is 11.8. The molecule has 0 spiro atoms. The third-order valence-corrected chi connectivity index (χ3v) is 3.67. The third-order valence-electron chi connectivity index (χ3n) is 2.88. The molecule has 0 aliphatic rings. The van der Waals surface area contributed by atoms with Crippen LogP contribution in [0.25, 0.3) is 0 Å². The first-order valence-corrected chi connectivity index (χ1v) is 7.69. The Morgan fingerprint density at radius 3 is 2.50 bits per heavy atom. The smallest absolute Gasteiger partial charge is 0.239 e. The van der Waals surface area contributed by atoms with Crippen LogP contribution >= 0.6 is 11.8 Å². The van der Waals surface area contributed by atoms with Gasteiger partial charge in [0.2, 0.25) is 5.91 Å². The Bertz CT molecular complexity index is 557. The van der Waals surface area contributed by atoms with E-state index in [1.807, 2.05) is 60.9 Å². The van der Waals surface area contributed by atoms with Gasteiger partial charge in [-0.3, -0.25) is 4.79 Å². The van der Waals surface area contributed by atoms with E-state index in [1.165, 1.54) is 0 Å². The van der Waals surface area contributed by atoms with E-state index in [-0.39, 0.29) is 12.5 Å². The van der Waals surface area contributed by atoms with Gasteiger partial charge >= 0.3 is 0 Å². The average Bonchev–Trinajstić information content (AvgIpc) is 2.52. The van der Waals surface area contributed by atoms with Gasteiger partial charge in [0.25, 0.3) is 0 Å². The molecule has 0 unspecified atom stereocenters. The minimum atomic E-state index is -0.00948. The molecule has 1 amide bonds. The standard InChI is InChI=1S/C16H18N2OS/c1-20-15-10-6-5-9-14(15)17-12-16(19)18-11-13-7-3-2-4-8-13/h2-10,17H,11-12H2,1H3,(H,18,19). The predicted molar refractivity (Wildman–Crippen MR) is 85.0 cm³/mol. The van der Waals surface area contributed by atoms with Crippen LogP contribution in [0.5, 0.6) is 0 Å². The molecule has 3 nitrogen and oxygen atoms in total. The van der Waals surface area contributed by atoms with Gasteiger partial charge in [0.15, 0.2) is 0 Å². The minimum absolute atomic E-state index is 0.00948. The molecule has 0 fully saturated rings. The van der Waals surface area contributed by atoms with Crippen molar-refractivity contribution in [2.24, 2.45) is 0 Å². The molecule has 0 bridgehead atoms. The zero-order valence-electron chi connectivity index (χ0n) is 11.4. The highest BCUT2D eigenvalue weighted by atomic mass is 32.2. The summed E-state index contributed by atoms with van der Waals surface area (Å²) in [6, 6.07) is 17.9. The summed E-state index contributed by atoms with van der Waals surface area (Å²) in [5, 5.41) is 6.07. The summed E-state index contributed by atoms with van der Waals surface area (Å²) >= 11 is 1.66. The van der Waals surface area contributed by atoms with Crippen LogP contribution in [0.2, 0.25) is 0 Å². The normalized spacial score (nSPS) is 10.1. The number of anilines is 1. The number of para-hydroxylation sites is 1. The third kappa shape index (κ3) is 4.31. The predicted octanol–water partition coefficient (Wildman–Crippen LogP) is 3.14. The topological polar surface area (TPSA) is 41.1 Å². The molecule has 0 saturated heterocycles. The van der Waals surface area contributed by atoms with E-state index in [0.717, 1.165) is 16.1 Å². The lowest BCUT2D eigenvalue weighted by Gasteiger charge is -2.10. The number of benzene rings is 2. The first kappa shape index (κ1) is 14.5. The number of amides is 1. The quantitative estimate of drug-likeness (QED) is 0.802. The SMILES string of the molecule is CSc1ccccc1NCC(=O)NCc1ccccc1. The van der Waals surface area contributed by atoms with Crippen LogP contribution in [0.3, 0.4) is 0 Å². The fraction of sp³-hybridized carbons (Fsp3) is 0.188. The van der Waals surface area contributed by atoms with Crippen molar-refractivity contribution in [1.29, 1.82) is 0 Å². The molecule has 0 aliphatic carbocycles. The van der Waals surface area contributed by atoms with Gasteiger partial charge < -0.3 is 10.6 Å². The van der Waals surface area contributed by atoms with Crippen molar-refractivity contribution >= 4 is 23.4 Å². The van der Waals surface area contributed by atoms with Crippen molar-refractivity contribution in [2.75, 3.05) is 18.1 Å². The fourth-order valence-electron chi connectivity index (χ4n) is 1.83. The van der Waals surface area contributed by atoms with E-state index in [9.17, 15) is 4.79 Å². The molecule has 20 heavy (non-hydrogen) atoms. The van der Waals surface area contributed by atoms with Gasteiger partial charge in [0.1, 0.15) is 0 Å². The summed E-state index contributed by atoms with van der Waals surface area (Å²) in [4.78, 5) is 13.0. The molecular weight excluding hydrogens is 268 g/mol. The number of nitrogens with one attached hydrogen (secondary N) is 2. The maximum Gasteiger partial charge on any atom is 0.239 e. The van der Waals surface area contributed by atoms with Crippen molar-refractivity contribution in [3.05, 3.63) is 60.2 Å². The second kappa shape index (κ2) is 7.60. The molecule has 2 aromatic rings. The summed E-state index contributed by atoms with van der Waals surface area (Å²) < 4.78 is 0. The van der Waals surface area contributed by atoms with Gasteiger partial charge in [0, 0.05) is 17.1 Å². The maximum atomic E-state index is 11.8. The van der Waals surface area contributed by atoms with E-state index < -0.39 is 0 Å². The molecule has 0 aliphatic heterocycles. The van der Waals surface area contributed by atoms with Gasteiger partial charge in [-0.15, -0.1) is 11.8 Å². The Labute approximate surface area is 123 Å². The lowest BCUT2D eigenvalue weighted by atomic mass is 10.2. The summed E-state index contributed by atoms with van der Waals surface area (Å²) in [5.74, 6) is -0.00948. The van der Waals surface area contributed by atoms with Crippen LogP contribution in [0.1, 0.15) is 5.56 Å². The van der Waals surface area contributed by atoms with Crippen LogP contribution < -0.4 is 10.6 Å². The molecule has 2 N–H and O–H groups in total. The molecule has 4 heteroatoms. The number of rotatable bonds is 6. The molecule has 0 saturated carbocycles. The van der Waals surface area contributed by atoms with Gasteiger partial charge in [-0.05, 0) is 24.0 Å². The first-order chi connectivity index (χ1) is 9.79. The van der Waals surface area contributed by atoms with Crippen molar-refractivity contribution in [1.82, 2.24) is 5.32 Å². The Balaban J connectivity index is 1.80. The van der Waals surface area contributed by atoms with Crippen LogP contribution in [0, 0.1) is 0 Å². The number of hydrogen-bond donors (Lipinski definition) is 2. The van der Waals surface area contributed by atoms with Crippen molar-refractivity contribution in [2.45, 2.75) is 11.4 Å². The average molecular weight is 286 g/mol. The number of hydrogen-bond acceptors (Lipinski definition) is 3. The Kier molecular flexibility index (Phi) is 5.50. The molecular formula is C16H18N2OS. The zero-order valence-corrected chi connectivity index (χ0v) is 12.2. The van der Waals surface area contributed by atoms with Crippen LogP contribution in [-0.4, -0.2) is 18.7 Å². The van der Waals surface area contributed by atoms with E-state index in [1.54, 1.807) is 11.8 Å². The molecule has 0 heterocycles. The first-order valence-electron chi connectivity index (χ1n) is 6.47. The van der Waals surface area contributed by atoms with Crippen molar-refractivity contribution in [3.8, 4) is 0 Å². The summed E-state index contributed by atoms with van der Waals surface area (Å²) in [6.07, 6.45) is 2.02. The Morgan fingerprint density at radius 1 is 1.05 bits per heavy atom.